The van der Waals surface area contributed by atoms with Crippen LogP contribution in [0.15, 0.2) is 5.38 Å². The minimum atomic E-state index is 0.564. The quantitative estimate of drug-likeness (QED) is 0.867. The standard InChI is InChI=1S/C12H21N3S/c1-3-12-14-11(9-16-12)10(2)8-15-6-4-13-5-7-15/h9-10,13H,3-8H2,1-2H3. The molecule has 0 aliphatic carbocycles. The number of nitrogens with one attached hydrogen (secondary N) is 1. The van der Waals surface area contributed by atoms with Gasteiger partial charge in [-0.1, -0.05) is 13.8 Å². The van der Waals surface area contributed by atoms with Crippen molar-refractivity contribution in [2.45, 2.75) is 26.2 Å². The van der Waals surface area contributed by atoms with Gasteiger partial charge in [-0.05, 0) is 6.42 Å². The molecule has 0 radical (unpaired) electrons. The molecule has 0 aromatic carbocycles. The molecule has 2 rings (SSSR count). The van der Waals surface area contributed by atoms with Crippen LogP contribution in [0.4, 0.5) is 0 Å². The first kappa shape index (κ1) is 12.0. The minimum absolute atomic E-state index is 0.564. The molecule has 3 nitrogen and oxygen atoms in total. The van der Waals surface area contributed by atoms with Crippen LogP contribution in [0.3, 0.4) is 0 Å². The van der Waals surface area contributed by atoms with Gasteiger partial charge in [0.25, 0.3) is 0 Å². The van der Waals surface area contributed by atoms with Crippen LogP contribution in [0.1, 0.15) is 30.5 Å². The van der Waals surface area contributed by atoms with Crippen LogP contribution < -0.4 is 5.32 Å². The SMILES string of the molecule is CCc1nc(C(C)CN2CCNCC2)cs1. The summed E-state index contributed by atoms with van der Waals surface area (Å²) >= 11 is 1.80. The molecule has 0 bridgehead atoms. The van der Waals surface area contributed by atoms with Gasteiger partial charge in [-0.3, -0.25) is 0 Å². The lowest BCUT2D eigenvalue weighted by Gasteiger charge is -2.29. The van der Waals surface area contributed by atoms with Crippen molar-refractivity contribution in [2.24, 2.45) is 0 Å². The van der Waals surface area contributed by atoms with Crippen molar-refractivity contribution in [3.05, 3.63) is 16.1 Å². The summed E-state index contributed by atoms with van der Waals surface area (Å²) in [6, 6.07) is 0. The number of hydrogen-bond acceptors (Lipinski definition) is 4. The normalized spacial score (nSPS) is 19.9. The van der Waals surface area contributed by atoms with Gasteiger partial charge in [0, 0.05) is 44.0 Å². The molecule has 1 N–H and O–H groups in total. The summed E-state index contributed by atoms with van der Waals surface area (Å²) in [4.78, 5) is 7.20. The van der Waals surface area contributed by atoms with Gasteiger partial charge in [0.1, 0.15) is 0 Å². The Morgan fingerprint density at radius 1 is 1.50 bits per heavy atom. The van der Waals surface area contributed by atoms with Crippen molar-refractivity contribution < 1.29 is 0 Å². The maximum absolute atomic E-state index is 4.67. The van der Waals surface area contributed by atoms with Crippen LogP contribution >= 0.6 is 11.3 Å². The fraction of sp³-hybridized carbons (Fsp3) is 0.750. The zero-order valence-electron chi connectivity index (χ0n) is 10.2. The predicted octanol–water partition coefficient (Wildman–Crippen LogP) is 1.71. The third-order valence-corrected chi connectivity index (χ3v) is 4.13. The summed E-state index contributed by atoms with van der Waals surface area (Å²) in [7, 11) is 0. The van der Waals surface area contributed by atoms with Crippen LogP contribution in [0.5, 0.6) is 0 Å². The van der Waals surface area contributed by atoms with E-state index in [9.17, 15) is 0 Å². The number of aromatic nitrogens is 1. The molecule has 1 aromatic rings. The highest BCUT2D eigenvalue weighted by Crippen LogP contribution is 2.19. The van der Waals surface area contributed by atoms with Gasteiger partial charge < -0.3 is 10.2 Å². The summed E-state index contributed by atoms with van der Waals surface area (Å²) in [5.74, 6) is 0.564. The lowest BCUT2D eigenvalue weighted by Crippen LogP contribution is -2.44. The molecule has 1 unspecified atom stereocenters. The second-order valence-corrected chi connectivity index (χ2v) is 5.41. The van der Waals surface area contributed by atoms with Gasteiger partial charge in [-0.15, -0.1) is 11.3 Å². The van der Waals surface area contributed by atoms with Gasteiger partial charge in [0.2, 0.25) is 0 Å². The predicted molar refractivity (Wildman–Crippen MR) is 69.2 cm³/mol. The first-order chi connectivity index (χ1) is 7.79. The van der Waals surface area contributed by atoms with Gasteiger partial charge in [0.15, 0.2) is 0 Å². The highest BCUT2D eigenvalue weighted by atomic mass is 32.1. The zero-order valence-corrected chi connectivity index (χ0v) is 11.0. The summed E-state index contributed by atoms with van der Waals surface area (Å²) in [5, 5.41) is 6.88. The summed E-state index contributed by atoms with van der Waals surface area (Å²) in [6.45, 7) is 10.2. The van der Waals surface area contributed by atoms with Crippen LogP contribution in [0.25, 0.3) is 0 Å². The van der Waals surface area contributed by atoms with E-state index < -0.39 is 0 Å². The monoisotopic (exact) mass is 239 g/mol. The highest BCUT2D eigenvalue weighted by Gasteiger charge is 2.16. The minimum Gasteiger partial charge on any atom is -0.314 e. The Morgan fingerprint density at radius 2 is 2.25 bits per heavy atom. The number of piperazine rings is 1. The molecule has 16 heavy (non-hydrogen) atoms. The van der Waals surface area contributed by atoms with Crippen LogP contribution in [-0.4, -0.2) is 42.6 Å². The molecule has 1 aliphatic rings. The fourth-order valence-electron chi connectivity index (χ4n) is 2.09. The smallest absolute Gasteiger partial charge is 0.0925 e. The first-order valence-corrected chi connectivity index (χ1v) is 7.05. The van der Waals surface area contributed by atoms with Crippen molar-refractivity contribution in [1.82, 2.24) is 15.2 Å². The Bertz CT molecular complexity index is 318. The largest absolute Gasteiger partial charge is 0.314 e. The van der Waals surface area contributed by atoms with Crippen molar-refractivity contribution in [3.8, 4) is 0 Å². The number of thiazole rings is 1. The molecule has 1 saturated heterocycles. The molecular formula is C12H21N3S. The van der Waals surface area contributed by atoms with E-state index in [2.05, 4.69) is 34.4 Å². The average molecular weight is 239 g/mol. The Balaban J connectivity index is 1.88. The zero-order chi connectivity index (χ0) is 11.4. The van der Waals surface area contributed by atoms with E-state index in [0.717, 1.165) is 26.1 Å². The van der Waals surface area contributed by atoms with Crippen LogP contribution in [-0.2, 0) is 6.42 Å². The number of rotatable bonds is 4. The lowest BCUT2D eigenvalue weighted by atomic mass is 10.1. The van der Waals surface area contributed by atoms with Crippen LogP contribution in [0.2, 0.25) is 0 Å². The second kappa shape index (κ2) is 5.75. The van der Waals surface area contributed by atoms with Gasteiger partial charge in [-0.25, -0.2) is 4.98 Å². The molecule has 90 valence electrons. The van der Waals surface area contributed by atoms with Gasteiger partial charge in [-0.2, -0.15) is 0 Å². The van der Waals surface area contributed by atoms with E-state index in [4.69, 9.17) is 0 Å². The van der Waals surface area contributed by atoms with E-state index in [1.165, 1.54) is 23.8 Å². The number of nitrogens with zero attached hydrogens (tertiary/aromatic N) is 2. The summed E-state index contributed by atoms with van der Waals surface area (Å²) in [6.07, 6.45) is 1.06. The van der Waals surface area contributed by atoms with Gasteiger partial charge >= 0.3 is 0 Å². The molecule has 1 fully saturated rings. The third-order valence-electron chi connectivity index (χ3n) is 3.12. The maximum Gasteiger partial charge on any atom is 0.0925 e. The Kier molecular flexibility index (Phi) is 4.32. The Labute approximate surface area is 102 Å². The molecule has 0 saturated carbocycles. The molecule has 0 amide bonds. The molecule has 1 aliphatic heterocycles. The molecule has 2 heterocycles. The number of aryl methyl sites for hydroxylation is 1. The van der Waals surface area contributed by atoms with E-state index >= 15 is 0 Å². The summed E-state index contributed by atoms with van der Waals surface area (Å²) in [5.41, 5.74) is 1.28. The van der Waals surface area contributed by atoms with Crippen molar-refractivity contribution in [2.75, 3.05) is 32.7 Å². The molecule has 4 heteroatoms. The Morgan fingerprint density at radius 3 is 2.88 bits per heavy atom. The maximum atomic E-state index is 4.67. The number of hydrogen-bond donors (Lipinski definition) is 1. The van der Waals surface area contributed by atoms with E-state index in [1.54, 1.807) is 11.3 Å². The lowest BCUT2D eigenvalue weighted by molar-refractivity contribution is 0.230. The first-order valence-electron chi connectivity index (χ1n) is 6.17. The Hall–Kier alpha value is -0.450. The third kappa shape index (κ3) is 3.03. The van der Waals surface area contributed by atoms with Crippen molar-refractivity contribution in [1.29, 1.82) is 0 Å². The van der Waals surface area contributed by atoms with E-state index in [1.807, 2.05) is 0 Å². The van der Waals surface area contributed by atoms with Crippen LogP contribution in [0, 0.1) is 0 Å². The van der Waals surface area contributed by atoms with E-state index in [0.29, 0.717) is 5.92 Å². The summed E-state index contributed by atoms with van der Waals surface area (Å²) < 4.78 is 0. The fourth-order valence-corrected chi connectivity index (χ4v) is 2.95. The molecule has 1 aromatic heterocycles. The van der Waals surface area contributed by atoms with Gasteiger partial charge in [0.05, 0.1) is 10.7 Å². The van der Waals surface area contributed by atoms with Crippen molar-refractivity contribution in [3.63, 3.8) is 0 Å². The van der Waals surface area contributed by atoms with Crippen molar-refractivity contribution >= 4 is 11.3 Å². The molecule has 1 atom stereocenters. The molecule has 0 spiro atoms. The van der Waals surface area contributed by atoms with E-state index in [-0.39, 0.29) is 0 Å². The second-order valence-electron chi connectivity index (χ2n) is 4.47. The molecular weight excluding hydrogens is 218 g/mol. The highest BCUT2D eigenvalue weighted by molar-refractivity contribution is 7.09. The average Bonchev–Trinajstić information content (AvgIpc) is 2.79. The topological polar surface area (TPSA) is 28.2 Å².